The Balaban J connectivity index is 1.85. The predicted octanol–water partition coefficient (Wildman–Crippen LogP) is 2.58. The maximum absolute atomic E-state index is 12.5. The van der Waals surface area contributed by atoms with Crippen molar-refractivity contribution in [1.82, 2.24) is 19.9 Å². The number of aromatic amines is 1. The molecule has 0 radical (unpaired) electrons. The van der Waals surface area contributed by atoms with Crippen LogP contribution in [-0.4, -0.2) is 27.6 Å². The van der Waals surface area contributed by atoms with Crippen LogP contribution in [0.1, 0.15) is 15.9 Å². The van der Waals surface area contributed by atoms with Crippen LogP contribution in [0.5, 0.6) is 5.88 Å². The summed E-state index contributed by atoms with van der Waals surface area (Å²) in [5.41, 5.74) is 1.59. The Kier molecular flexibility index (Phi) is 5.46. The Morgan fingerprint density at radius 2 is 2.22 bits per heavy atom. The first kappa shape index (κ1) is 18.5. The van der Waals surface area contributed by atoms with E-state index in [1.54, 1.807) is 42.6 Å². The van der Waals surface area contributed by atoms with Gasteiger partial charge in [0, 0.05) is 30.9 Å². The molecule has 0 unspecified atom stereocenters. The van der Waals surface area contributed by atoms with Crippen LogP contribution in [0, 0.1) is 4.77 Å². The number of pyridine rings is 1. The zero-order valence-electron chi connectivity index (χ0n) is 14.7. The summed E-state index contributed by atoms with van der Waals surface area (Å²) in [5.74, 6) is 0.220. The summed E-state index contributed by atoms with van der Waals surface area (Å²) in [6.45, 7) is 4.27. The van der Waals surface area contributed by atoms with E-state index in [0.717, 1.165) is 5.56 Å². The minimum absolute atomic E-state index is 0.218. The number of rotatable bonds is 6. The third-order valence-corrected chi connectivity index (χ3v) is 4.34. The Labute approximate surface area is 160 Å². The van der Waals surface area contributed by atoms with Gasteiger partial charge in [0.25, 0.3) is 11.5 Å². The molecular weight excluding hydrogens is 364 g/mol. The van der Waals surface area contributed by atoms with E-state index >= 15 is 0 Å². The molecule has 0 aliphatic rings. The highest BCUT2D eigenvalue weighted by molar-refractivity contribution is 7.71. The standard InChI is InChI=1S/C19H18N4O3S/c1-3-8-23-18(25)14-5-4-13(10-15(14)22-19(23)27)17(24)21-11-12-6-7-20-16(9-12)26-2/h3-7,9-10H,1,8,11H2,2H3,(H,21,24)(H,22,27). The molecule has 27 heavy (non-hydrogen) atoms. The van der Waals surface area contributed by atoms with Crippen LogP contribution in [0.3, 0.4) is 0 Å². The number of benzene rings is 1. The Bertz CT molecular complexity index is 1130. The van der Waals surface area contributed by atoms with E-state index in [9.17, 15) is 9.59 Å². The van der Waals surface area contributed by atoms with Gasteiger partial charge in [0.2, 0.25) is 5.88 Å². The fraction of sp³-hybridized carbons (Fsp3) is 0.158. The normalized spacial score (nSPS) is 10.6. The lowest BCUT2D eigenvalue weighted by molar-refractivity contribution is 0.0951. The highest BCUT2D eigenvalue weighted by atomic mass is 32.1. The topological polar surface area (TPSA) is 89.0 Å². The van der Waals surface area contributed by atoms with E-state index in [-0.39, 0.29) is 16.2 Å². The highest BCUT2D eigenvalue weighted by Gasteiger charge is 2.10. The van der Waals surface area contributed by atoms with Gasteiger partial charge in [-0.3, -0.25) is 14.2 Å². The lowest BCUT2D eigenvalue weighted by Crippen LogP contribution is -2.24. The first-order valence-electron chi connectivity index (χ1n) is 8.18. The number of H-pyrrole nitrogens is 1. The van der Waals surface area contributed by atoms with Crippen LogP contribution >= 0.6 is 12.2 Å². The Morgan fingerprint density at radius 1 is 1.41 bits per heavy atom. The molecule has 2 heterocycles. The number of amides is 1. The van der Waals surface area contributed by atoms with Crippen molar-refractivity contribution in [3.63, 3.8) is 0 Å². The number of carbonyl (C=O) groups is 1. The van der Waals surface area contributed by atoms with Crippen molar-refractivity contribution in [3.05, 3.63) is 75.4 Å². The quantitative estimate of drug-likeness (QED) is 0.505. The van der Waals surface area contributed by atoms with Gasteiger partial charge in [-0.25, -0.2) is 4.98 Å². The number of methoxy groups -OCH3 is 1. The van der Waals surface area contributed by atoms with Gasteiger partial charge in [-0.15, -0.1) is 6.58 Å². The number of ether oxygens (including phenoxy) is 1. The van der Waals surface area contributed by atoms with Crippen molar-refractivity contribution in [3.8, 4) is 5.88 Å². The molecule has 0 atom stereocenters. The minimum Gasteiger partial charge on any atom is -0.481 e. The molecule has 1 aromatic carbocycles. The molecule has 0 bridgehead atoms. The largest absolute Gasteiger partial charge is 0.481 e. The molecular formula is C19H18N4O3S. The number of aromatic nitrogens is 3. The highest BCUT2D eigenvalue weighted by Crippen LogP contribution is 2.12. The molecule has 1 amide bonds. The molecule has 3 aromatic rings. The number of hydrogen-bond acceptors (Lipinski definition) is 5. The fourth-order valence-corrected chi connectivity index (χ4v) is 2.91. The van der Waals surface area contributed by atoms with E-state index in [4.69, 9.17) is 17.0 Å². The molecule has 2 N–H and O–H groups in total. The molecule has 7 nitrogen and oxygen atoms in total. The van der Waals surface area contributed by atoms with Crippen molar-refractivity contribution in [2.75, 3.05) is 7.11 Å². The van der Waals surface area contributed by atoms with Crippen LogP contribution in [-0.2, 0) is 13.1 Å². The monoisotopic (exact) mass is 382 g/mol. The zero-order chi connectivity index (χ0) is 19.4. The molecule has 3 rings (SSSR count). The number of carbonyl (C=O) groups excluding carboxylic acids is 1. The van der Waals surface area contributed by atoms with Gasteiger partial charge in [0.15, 0.2) is 4.77 Å². The number of nitrogens with zero attached hydrogens (tertiary/aromatic N) is 2. The zero-order valence-corrected chi connectivity index (χ0v) is 15.5. The first-order chi connectivity index (χ1) is 13.0. The van der Waals surface area contributed by atoms with Crippen LogP contribution in [0.15, 0.2) is 54.0 Å². The summed E-state index contributed by atoms with van der Waals surface area (Å²) >= 11 is 5.22. The maximum atomic E-state index is 12.5. The smallest absolute Gasteiger partial charge is 0.262 e. The van der Waals surface area contributed by atoms with Gasteiger partial charge in [0.05, 0.1) is 18.0 Å². The van der Waals surface area contributed by atoms with E-state index in [0.29, 0.717) is 35.4 Å². The summed E-state index contributed by atoms with van der Waals surface area (Å²) in [5, 5.41) is 3.29. The average Bonchev–Trinajstić information content (AvgIpc) is 2.69. The minimum atomic E-state index is -0.262. The summed E-state index contributed by atoms with van der Waals surface area (Å²) < 4.78 is 6.77. The van der Waals surface area contributed by atoms with Gasteiger partial charge in [0.1, 0.15) is 0 Å². The van der Waals surface area contributed by atoms with E-state index in [1.807, 2.05) is 0 Å². The van der Waals surface area contributed by atoms with Crippen molar-refractivity contribution in [2.45, 2.75) is 13.1 Å². The van der Waals surface area contributed by atoms with E-state index in [1.165, 1.54) is 11.7 Å². The second-order valence-electron chi connectivity index (χ2n) is 5.78. The van der Waals surface area contributed by atoms with Gasteiger partial charge < -0.3 is 15.0 Å². The second kappa shape index (κ2) is 7.96. The maximum Gasteiger partial charge on any atom is 0.262 e. The summed E-state index contributed by atoms with van der Waals surface area (Å²) in [6.07, 6.45) is 3.22. The van der Waals surface area contributed by atoms with Crippen LogP contribution in [0.4, 0.5) is 0 Å². The summed E-state index contributed by atoms with van der Waals surface area (Å²) in [7, 11) is 1.53. The Hall–Kier alpha value is -3.26. The summed E-state index contributed by atoms with van der Waals surface area (Å²) in [4.78, 5) is 32.0. The lowest BCUT2D eigenvalue weighted by atomic mass is 10.1. The van der Waals surface area contributed by atoms with Crippen molar-refractivity contribution < 1.29 is 9.53 Å². The number of hydrogen-bond donors (Lipinski definition) is 2. The van der Waals surface area contributed by atoms with Crippen molar-refractivity contribution in [1.29, 1.82) is 0 Å². The van der Waals surface area contributed by atoms with Gasteiger partial charge in [-0.2, -0.15) is 0 Å². The summed E-state index contributed by atoms with van der Waals surface area (Å²) in [6, 6.07) is 8.39. The van der Waals surface area contributed by atoms with Gasteiger partial charge >= 0.3 is 0 Å². The third kappa shape index (κ3) is 3.95. The van der Waals surface area contributed by atoms with E-state index < -0.39 is 0 Å². The molecule has 0 spiro atoms. The fourth-order valence-electron chi connectivity index (χ4n) is 2.65. The molecule has 0 aliphatic heterocycles. The molecule has 0 saturated heterocycles. The number of allylic oxidation sites excluding steroid dienone is 1. The number of nitrogens with one attached hydrogen (secondary N) is 2. The van der Waals surface area contributed by atoms with E-state index in [2.05, 4.69) is 21.9 Å². The molecule has 2 aromatic heterocycles. The Morgan fingerprint density at radius 3 is 2.96 bits per heavy atom. The number of fused-ring (bicyclic) bond motifs is 1. The van der Waals surface area contributed by atoms with Crippen LogP contribution in [0.2, 0.25) is 0 Å². The molecule has 0 fully saturated rings. The second-order valence-corrected chi connectivity index (χ2v) is 6.17. The van der Waals surface area contributed by atoms with Gasteiger partial charge in [-0.1, -0.05) is 6.08 Å². The third-order valence-electron chi connectivity index (χ3n) is 4.02. The molecule has 138 valence electrons. The SMILES string of the molecule is C=CCn1c(=S)[nH]c2cc(C(=O)NCc3ccnc(OC)c3)ccc2c1=O. The first-order valence-corrected chi connectivity index (χ1v) is 8.59. The van der Waals surface area contributed by atoms with Crippen molar-refractivity contribution in [2.24, 2.45) is 0 Å². The van der Waals surface area contributed by atoms with Crippen LogP contribution in [0.25, 0.3) is 10.9 Å². The lowest BCUT2D eigenvalue weighted by Gasteiger charge is -2.09. The predicted molar refractivity (Wildman–Crippen MR) is 106 cm³/mol. The van der Waals surface area contributed by atoms with Crippen molar-refractivity contribution >= 4 is 29.0 Å². The molecule has 0 aliphatic carbocycles. The average molecular weight is 382 g/mol. The molecule has 0 saturated carbocycles. The van der Waals surface area contributed by atoms with Gasteiger partial charge in [-0.05, 0) is 42.0 Å². The van der Waals surface area contributed by atoms with Crippen LogP contribution < -0.4 is 15.6 Å². The molecule has 8 heteroatoms.